The molecular weight excluding hydrogens is 256 g/mol. The molecule has 0 atom stereocenters. The molecule has 0 radical (unpaired) electrons. The summed E-state index contributed by atoms with van der Waals surface area (Å²) in [6, 6.07) is 3.41. The van der Waals surface area contributed by atoms with Crippen LogP contribution < -0.4 is 22.7 Å². The van der Waals surface area contributed by atoms with E-state index in [9.17, 15) is 9.59 Å². The lowest BCUT2D eigenvalue weighted by atomic mass is 10.2. The molecule has 0 aliphatic carbocycles. The highest BCUT2D eigenvalue weighted by Crippen LogP contribution is 1.95. The number of nitrogens with zero attached hydrogens (tertiary/aromatic N) is 1. The normalized spacial score (nSPS) is 9.39. The number of pyridine rings is 1. The van der Waals surface area contributed by atoms with Gasteiger partial charge in [0.25, 0.3) is 5.91 Å². The maximum atomic E-state index is 11.1. The lowest BCUT2D eigenvalue weighted by Gasteiger charge is -2.00. The van der Waals surface area contributed by atoms with Crippen LogP contribution in [0.15, 0.2) is 24.5 Å². The van der Waals surface area contributed by atoms with Crippen LogP contribution >= 0.6 is 0 Å². The van der Waals surface area contributed by atoms with Gasteiger partial charge < -0.3 is 22.9 Å². The number of hydrogen-bond acceptors (Lipinski definition) is 3. The topological polar surface area (TPSA) is 73.3 Å². The lowest BCUT2D eigenvalue weighted by molar-refractivity contribution is -0.697. The molecule has 1 aromatic rings. The van der Waals surface area contributed by atoms with E-state index in [2.05, 4.69) is 0 Å². The van der Waals surface area contributed by atoms with Crippen LogP contribution in [0.2, 0.25) is 0 Å². The van der Waals surface area contributed by atoms with Gasteiger partial charge in [-0.15, -0.1) is 0 Å². The van der Waals surface area contributed by atoms with Crippen LogP contribution in [0.25, 0.3) is 0 Å². The fourth-order valence-electron chi connectivity index (χ4n) is 1.45. The fraction of sp³-hybridized carbons (Fsp3) is 0.417. The van der Waals surface area contributed by atoms with Gasteiger partial charge in [-0.2, -0.15) is 0 Å². The second-order valence-electron chi connectivity index (χ2n) is 3.60. The number of primary amides is 1. The van der Waals surface area contributed by atoms with E-state index in [1.54, 1.807) is 25.3 Å². The van der Waals surface area contributed by atoms with Gasteiger partial charge in [-0.25, -0.2) is 4.57 Å². The van der Waals surface area contributed by atoms with Crippen molar-refractivity contribution >= 4 is 11.9 Å². The summed E-state index contributed by atoms with van der Waals surface area (Å²) in [5, 5.41) is 0. The van der Waals surface area contributed by atoms with Crippen molar-refractivity contribution in [2.75, 3.05) is 6.61 Å². The number of rotatable bonds is 6. The zero-order valence-corrected chi connectivity index (χ0v) is 11.0. The SMILES string of the molecule is CCOC(=O)CCC[n+]1cccc(C(N)=O)c1.[Cl-]. The van der Waals surface area contributed by atoms with E-state index in [1.165, 1.54) is 0 Å². The number of nitrogens with two attached hydrogens (primary N) is 1. The third-order valence-electron chi connectivity index (χ3n) is 2.25. The van der Waals surface area contributed by atoms with Gasteiger partial charge >= 0.3 is 5.97 Å². The molecule has 0 aromatic carbocycles. The monoisotopic (exact) mass is 272 g/mol. The summed E-state index contributed by atoms with van der Waals surface area (Å²) < 4.78 is 6.65. The summed E-state index contributed by atoms with van der Waals surface area (Å²) in [4.78, 5) is 22.1. The van der Waals surface area contributed by atoms with Gasteiger partial charge in [-0.1, -0.05) is 0 Å². The summed E-state index contributed by atoms with van der Waals surface area (Å²) in [7, 11) is 0. The van der Waals surface area contributed by atoms with Crippen molar-refractivity contribution in [1.82, 2.24) is 0 Å². The first-order chi connectivity index (χ1) is 8.13. The molecule has 0 saturated carbocycles. The Hall–Kier alpha value is -1.62. The molecule has 1 rings (SSSR count). The molecule has 18 heavy (non-hydrogen) atoms. The van der Waals surface area contributed by atoms with E-state index >= 15 is 0 Å². The Labute approximate surface area is 112 Å². The van der Waals surface area contributed by atoms with E-state index in [0.717, 1.165) is 0 Å². The highest BCUT2D eigenvalue weighted by molar-refractivity contribution is 5.92. The van der Waals surface area contributed by atoms with Crippen molar-refractivity contribution < 1.29 is 31.3 Å². The molecule has 0 bridgehead atoms. The number of esters is 1. The van der Waals surface area contributed by atoms with Gasteiger partial charge in [-0.05, 0) is 13.0 Å². The second-order valence-corrected chi connectivity index (χ2v) is 3.60. The van der Waals surface area contributed by atoms with Crippen LogP contribution in [0.1, 0.15) is 30.1 Å². The summed E-state index contributed by atoms with van der Waals surface area (Å²) >= 11 is 0. The number of halogens is 1. The molecule has 1 amide bonds. The van der Waals surface area contributed by atoms with Gasteiger partial charge in [0.05, 0.1) is 13.0 Å². The maximum Gasteiger partial charge on any atom is 0.306 e. The summed E-state index contributed by atoms with van der Waals surface area (Å²) in [5.74, 6) is -0.649. The van der Waals surface area contributed by atoms with Crippen LogP contribution in [0.5, 0.6) is 0 Å². The first kappa shape index (κ1) is 16.4. The largest absolute Gasteiger partial charge is 1.00 e. The van der Waals surface area contributed by atoms with Crippen molar-refractivity contribution in [3.8, 4) is 0 Å². The maximum absolute atomic E-state index is 11.1. The van der Waals surface area contributed by atoms with E-state index in [0.29, 0.717) is 31.6 Å². The first-order valence-electron chi connectivity index (χ1n) is 5.58. The van der Waals surface area contributed by atoms with Crippen molar-refractivity contribution in [2.24, 2.45) is 5.73 Å². The molecular formula is C12H17ClN2O3. The third kappa shape index (κ3) is 5.63. The Balaban J connectivity index is 0.00000289. The molecule has 1 heterocycles. The molecule has 1 aromatic heterocycles. The quantitative estimate of drug-likeness (QED) is 0.457. The number of ether oxygens (including phenoxy) is 1. The average Bonchev–Trinajstić information content (AvgIpc) is 2.30. The zero-order valence-electron chi connectivity index (χ0n) is 10.3. The fourth-order valence-corrected chi connectivity index (χ4v) is 1.45. The predicted octanol–water partition coefficient (Wildman–Crippen LogP) is -2.58. The third-order valence-corrected chi connectivity index (χ3v) is 2.25. The summed E-state index contributed by atoms with van der Waals surface area (Å²) in [6.07, 6.45) is 4.55. The van der Waals surface area contributed by atoms with Crippen LogP contribution in [-0.2, 0) is 16.1 Å². The van der Waals surface area contributed by atoms with Crippen molar-refractivity contribution in [2.45, 2.75) is 26.3 Å². The number of carbonyl (C=O) groups excluding carboxylic acids is 2. The van der Waals surface area contributed by atoms with E-state index in [-0.39, 0.29) is 18.4 Å². The average molecular weight is 273 g/mol. The summed E-state index contributed by atoms with van der Waals surface area (Å²) in [6.45, 7) is 2.84. The lowest BCUT2D eigenvalue weighted by Crippen LogP contribution is -3.00. The van der Waals surface area contributed by atoms with Gasteiger partial charge in [0.1, 0.15) is 12.1 Å². The number of aryl methyl sites for hydroxylation is 1. The Morgan fingerprint density at radius 2 is 2.17 bits per heavy atom. The van der Waals surface area contributed by atoms with Gasteiger partial charge in [0.2, 0.25) is 0 Å². The van der Waals surface area contributed by atoms with Crippen LogP contribution in [0, 0.1) is 0 Å². The van der Waals surface area contributed by atoms with Gasteiger partial charge in [0.15, 0.2) is 12.4 Å². The standard InChI is InChI=1S/C12H16N2O3.ClH/c1-2-17-11(15)6-4-8-14-7-3-5-10(9-14)12(13)16;/h3,5,7,9H,2,4,6,8H2,1H3,(H-,13,16);1H. The highest BCUT2D eigenvalue weighted by atomic mass is 35.5. The summed E-state index contributed by atoms with van der Waals surface area (Å²) in [5.41, 5.74) is 5.63. The first-order valence-corrected chi connectivity index (χ1v) is 5.58. The van der Waals surface area contributed by atoms with E-state index < -0.39 is 5.91 Å². The van der Waals surface area contributed by atoms with Crippen molar-refractivity contribution in [3.05, 3.63) is 30.1 Å². The molecule has 100 valence electrons. The minimum Gasteiger partial charge on any atom is -1.00 e. The predicted molar refractivity (Wildman–Crippen MR) is 61.0 cm³/mol. The highest BCUT2D eigenvalue weighted by Gasteiger charge is 2.08. The molecule has 0 aliphatic rings. The minimum absolute atomic E-state index is 0. The Bertz CT molecular complexity index is 410. The van der Waals surface area contributed by atoms with Gasteiger partial charge in [-0.3, -0.25) is 9.59 Å². The van der Waals surface area contributed by atoms with E-state index in [1.807, 2.05) is 10.8 Å². The molecule has 0 saturated heterocycles. The van der Waals surface area contributed by atoms with Crippen molar-refractivity contribution in [1.29, 1.82) is 0 Å². The molecule has 0 fully saturated rings. The van der Waals surface area contributed by atoms with Crippen LogP contribution in [0.4, 0.5) is 0 Å². The molecule has 2 N–H and O–H groups in total. The van der Waals surface area contributed by atoms with Crippen LogP contribution in [-0.4, -0.2) is 18.5 Å². The molecule has 0 aliphatic heterocycles. The molecule has 0 spiro atoms. The molecule has 5 nitrogen and oxygen atoms in total. The second kappa shape index (κ2) is 8.47. The zero-order chi connectivity index (χ0) is 12.7. The Morgan fingerprint density at radius 3 is 2.78 bits per heavy atom. The van der Waals surface area contributed by atoms with Crippen molar-refractivity contribution in [3.63, 3.8) is 0 Å². The molecule has 0 unspecified atom stereocenters. The minimum atomic E-state index is -0.454. The number of amides is 1. The number of aromatic nitrogens is 1. The number of hydrogen-bond donors (Lipinski definition) is 1. The molecule has 6 heteroatoms. The smallest absolute Gasteiger partial charge is 0.306 e. The van der Waals surface area contributed by atoms with Gasteiger partial charge in [0, 0.05) is 12.5 Å². The van der Waals surface area contributed by atoms with Crippen LogP contribution in [0.3, 0.4) is 0 Å². The Morgan fingerprint density at radius 1 is 1.44 bits per heavy atom. The van der Waals surface area contributed by atoms with E-state index in [4.69, 9.17) is 10.5 Å². The Kier molecular flexibility index (Phi) is 7.71. The number of carbonyl (C=O) groups is 2.